The van der Waals surface area contributed by atoms with E-state index in [1.54, 1.807) is 0 Å². The highest BCUT2D eigenvalue weighted by Crippen LogP contribution is 2.22. The molecule has 0 aliphatic carbocycles. The van der Waals surface area contributed by atoms with Crippen LogP contribution in [0.15, 0.2) is 30.3 Å². The fraction of sp³-hybridized carbons (Fsp3) is 0.500. The van der Waals surface area contributed by atoms with Gasteiger partial charge < -0.3 is 4.74 Å². The molecule has 0 saturated heterocycles. The zero-order chi connectivity index (χ0) is 14.3. The Morgan fingerprint density at radius 1 is 1.11 bits per heavy atom. The molecule has 0 spiro atoms. The summed E-state index contributed by atoms with van der Waals surface area (Å²) in [5.74, 6) is 0.361. The summed E-state index contributed by atoms with van der Waals surface area (Å²) in [6.07, 6.45) is 1.57. The molecule has 19 heavy (non-hydrogen) atoms. The van der Waals surface area contributed by atoms with E-state index in [9.17, 15) is 9.59 Å². The molecule has 1 rings (SSSR count). The largest absolute Gasteiger partial charge is 0.469 e. The molecule has 0 aliphatic rings. The number of Topliss-reactive ketones (excluding diaryl/α,β-unsaturated/α-hetero) is 1. The summed E-state index contributed by atoms with van der Waals surface area (Å²) in [6, 6.07) is 9.21. The van der Waals surface area contributed by atoms with E-state index in [1.807, 2.05) is 30.3 Å². The molecule has 0 aliphatic heterocycles. The third-order valence-electron chi connectivity index (χ3n) is 3.06. The molecule has 0 N–H and O–H groups in total. The van der Waals surface area contributed by atoms with E-state index >= 15 is 0 Å². The number of hydrogen-bond acceptors (Lipinski definition) is 3. The lowest BCUT2D eigenvalue weighted by atomic mass is 9.88. The van der Waals surface area contributed by atoms with Gasteiger partial charge in [0.2, 0.25) is 0 Å². The average Bonchev–Trinajstić information content (AvgIpc) is 2.38. The van der Waals surface area contributed by atoms with Crippen LogP contribution in [0.3, 0.4) is 0 Å². The minimum absolute atomic E-state index is 0.0557. The van der Waals surface area contributed by atoms with Gasteiger partial charge in [-0.05, 0) is 18.3 Å². The number of ketones is 1. The smallest absolute Gasteiger partial charge is 0.305 e. The van der Waals surface area contributed by atoms with E-state index in [-0.39, 0.29) is 17.7 Å². The first-order chi connectivity index (χ1) is 9.02. The number of methoxy groups -OCH3 is 1. The lowest BCUT2D eigenvalue weighted by Crippen LogP contribution is -2.16. The predicted molar refractivity (Wildman–Crippen MR) is 75.0 cm³/mol. The van der Waals surface area contributed by atoms with Crippen molar-refractivity contribution in [3.8, 4) is 0 Å². The quantitative estimate of drug-likeness (QED) is 0.558. The Hall–Kier alpha value is -1.64. The zero-order valence-corrected chi connectivity index (χ0v) is 11.9. The zero-order valence-electron chi connectivity index (χ0n) is 11.9. The first-order valence-electron chi connectivity index (χ1n) is 6.68. The molecule has 1 aromatic carbocycles. The second-order valence-corrected chi connectivity index (χ2v) is 5.27. The molecule has 0 radical (unpaired) electrons. The van der Waals surface area contributed by atoms with E-state index in [0.29, 0.717) is 24.3 Å². The van der Waals surface area contributed by atoms with Crippen molar-refractivity contribution in [2.45, 2.75) is 33.1 Å². The van der Waals surface area contributed by atoms with Gasteiger partial charge in [-0.15, -0.1) is 0 Å². The Morgan fingerprint density at radius 2 is 1.74 bits per heavy atom. The second kappa shape index (κ2) is 7.72. The van der Waals surface area contributed by atoms with Crippen LogP contribution in [0.5, 0.6) is 0 Å². The summed E-state index contributed by atoms with van der Waals surface area (Å²) in [5.41, 5.74) is 0.709. The van der Waals surface area contributed by atoms with Crippen LogP contribution in [0.4, 0.5) is 0 Å². The molecule has 104 valence electrons. The van der Waals surface area contributed by atoms with E-state index in [1.165, 1.54) is 7.11 Å². The van der Waals surface area contributed by atoms with E-state index < -0.39 is 0 Å². The Morgan fingerprint density at radius 3 is 2.26 bits per heavy atom. The van der Waals surface area contributed by atoms with Crippen molar-refractivity contribution in [1.82, 2.24) is 0 Å². The fourth-order valence-electron chi connectivity index (χ4n) is 2.23. The Balaban J connectivity index is 2.66. The molecule has 1 aromatic rings. The van der Waals surface area contributed by atoms with Crippen molar-refractivity contribution < 1.29 is 14.3 Å². The molecule has 0 fully saturated rings. The van der Waals surface area contributed by atoms with Gasteiger partial charge in [-0.25, -0.2) is 0 Å². The van der Waals surface area contributed by atoms with Gasteiger partial charge >= 0.3 is 5.97 Å². The van der Waals surface area contributed by atoms with Crippen LogP contribution in [-0.2, 0) is 9.53 Å². The number of carbonyl (C=O) groups excluding carboxylic acids is 2. The van der Waals surface area contributed by atoms with Gasteiger partial charge in [0.05, 0.1) is 7.11 Å². The van der Waals surface area contributed by atoms with Gasteiger partial charge in [0.25, 0.3) is 0 Å². The number of hydrogen-bond donors (Lipinski definition) is 0. The summed E-state index contributed by atoms with van der Waals surface area (Å²) in [6.45, 7) is 4.19. The predicted octanol–water partition coefficient (Wildman–Crippen LogP) is 3.48. The Kier molecular flexibility index (Phi) is 6.26. The van der Waals surface area contributed by atoms with E-state index in [2.05, 4.69) is 13.8 Å². The van der Waals surface area contributed by atoms with E-state index in [0.717, 1.165) is 6.42 Å². The van der Waals surface area contributed by atoms with Crippen LogP contribution in [-0.4, -0.2) is 18.9 Å². The van der Waals surface area contributed by atoms with Gasteiger partial charge in [-0.1, -0.05) is 44.2 Å². The molecular weight excluding hydrogens is 240 g/mol. The summed E-state index contributed by atoms with van der Waals surface area (Å²) in [7, 11) is 1.38. The second-order valence-electron chi connectivity index (χ2n) is 5.27. The van der Waals surface area contributed by atoms with Crippen molar-refractivity contribution in [1.29, 1.82) is 0 Å². The number of benzene rings is 1. The van der Waals surface area contributed by atoms with Crippen LogP contribution in [0.2, 0.25) is 0 Å². The van der Waals surface area contributed by atoms with Crippen LogP contribution >= 0.6 is 0 Å². The number of esters is 1. The number of rotatable bonds is 7. The molecule has 0 amide bonds. The van der Waals surface area contributed by atoms with Gasteiger partial charge in [0, 0.05) is 18.4 Å². The minimum atomic E-state index is -0.244. The molecule has 1 atom stereocenters. The van der Waals surface area contributed by atoms with Crippen molar-refractivity contribution in [2.24, 2.45) is 11.8 Å². The molecule has 3 nitrogen and oxygen atoms in total. The Bertz CT molecular complexity index is 409. The Labute approximate surface area is 115 Å². The van der Waals surface area contributed by atoms with Crippen molar-refractivity contribution in [2.75, 3.05) is 7.11 Å². The van der Waals surface area contributed by atoms with Crippen molar-refractivity contribution in [3.05, 3.63) is 35.9 Å². The standard InChI is InChI=1S/C16H22O3/c1-12(2)9-13(11-16(18)19-3)10-15(17)14-7-5-4-6-8-14/h4-8,12-13H,9-11H2,1-3H3. The lowest BCUT2D eigenvalue weighted by molar-refractivity contribution is -0.141. The van der Waals surface area contributed by atoms with Crippen LogP contribution < -0.4 is 0 Å². The topological polar surface area (TPSA) is 43.4 Å². The molecule has 3 heteroatoms. The van der Waals surface area contributed by atoms with Crippen molar-refractivity contribution >= 4 is 11.8 Å². The molecule has 0 aromatic heterocycles. The third-order valence-corrected chi connectivity index (χ3v) is 3.06. The normalized spacial score (nSPS) is 12.2. The number of carbonyl (C=O) groups is 2. The van der Waals surface area contributed by atoms with Gasteiger partial charge in [-0.3, -0.25) is 9.59 Å². The lowest BCUT2D eigenvalue weighted by Gasteiger charge is -2.17. The maximum absolute atomic E-state index is 12.2. The van der Waals surface area contributed by atoms with Gasteiger partial charge in [0.15, 0.2) is 5.78 Å². The van der Waals surface area contributed by atoms with Crippen molar-refractivity contribution in [3.63, 3.8) is 0 Å². The van der Waals surface area contributed by atoms with Crippen LogP contribution in [0.1, 0.15) is 43.5 Å². The minimum Gasteiger partial charge on any atom is -0.469 e. The molecular formula is C16H22O3. The summed E-state index contributed by atoms with van der Waals surface area (Å²) in [5, 5.41) is 0. The highest BCUT2D eigenvalue weighted by molar-refractivity contribution is 5.96. The third kappa shape index (κ3) is 5.69. The highest BCUT2D eigenvalue weighted by atomic mass is 16.5. The SMILES string of the molecule is COC(=O)CC(CC(=O)c1ccccc1)CC(C)C. The molecule has 0 heterocycles. The fourth-order valence-corrected chi connectivity index (χ4v) is 2.23. The van der Waals surface area contributed by atoms with Gasteiger partial charge in [-0.2, -0.15) is 0 Å². The molecule has 0 bridgehead atoms. The summed E-state index contributed by atoms with van der Waals surface area (Å²) < 4.78 is 4.70. The summed E-state index contributed by atoms with van der Waals surface area (Å²) in [4.78, 5) is 23.5. The van der Waals surface area contributed by atoms with E-state index in [4.69, 9.17) is 4.74 Å². The van der Waals surface area contributed by atoms with Crippen LogP contribution in [0, 0.1) is 11.8 Å². The maximum atomic E-state index is 12.2. The molecule has 0 saturated carbocycles. The monoisotopic (exact) mass is 262 g/mol. The molecule has 1 unspecified atom stereocenters. The number of ether oxygens (including phenoxy) is 1. The first kappa shape index (κ1) is 15.4. The highest BCUT2D eigenvalue weighted by Gasteiger charge is 2.20. The van der Waals surface area contributed by atoms with Gasteiger partial charge in [0.1, 0.15) is 0 Å². The first-order valence-corrected chi connectivity index (χ1v) is 6.68. The summed E-state index contributed by atoms with van der Waals surface area (Å²) >= 11 is 0. The average molecular weight is 262 g/mol. The maximum Gasteiger partial charge on any atom is 0.305 e. The van der Waals surface area contributed by atoms with Crippen LogP contribution in [0.25, 0.3) is 0 Å².